The molecule has 2 unspecified atom stereocenters. The van der Waals surface area contributed by atoms with Crippen LogP contribution < -0.4 is 4.90 Å². The third kappa shape index (κ3) is 4.35. The Morgan fingerprint density at radius 1 is 0.667 bits per heavy atom. The van der Waals surface area contributed by atoms with Crippen molar-refractivity contribution in [3.8, 4) is 17.8 Å². The predicted octanol–water partition coefficient (Wildman–Crippen LogP) is 10.8. The number of allylic oxidation sites excluding steroid dienone is 6. The average Bonchev–Trinajstić information content (AvgIpc) is 3.66. The third-order valence-corrected chi connectivity index (χ3v) is 9.77. The van der Waals surface area contributed by atoms with E-state index in [-0.39, 0.29) is 12.0 Å². The lowest BCUT2D eigenvalue weighted by atomic mass is 9.85. The molecule has 2 aliphatic rings. The number of fused-ring (bicyclic) bond motifs is 6. The Balaban J connectivity index is 1.32. The molecule has 1 aliphatic heterocycles. The van der Waals surface area contributed by atoms with Crippen molar-refractivity contribution in [1.29, 1.82) is 10.5 Å². The van der Waals surface area contributed by atoms with E-state index in [0.717, 1.165) is 50.4 Å². The lowest BCUT2D eigenvalue weighted by Gasteiger charge is -2.32. The van der Waals surface area contributed by atoms with Crippen LogP contribution in [-0.4, -0.2) is 10.6 Å². The molecule has 0 N–H and O–H groups in total. The molecule has 228 valence electrons. The largest absolute Gasteiger partial charge is 0.333 e. The topological polar surface area (TPSA) is 55.8 Å². The average molecular weight is 617 g/mol. The van der Waals surface area contributed by atoms with Crippen molar-refractivity contribution >= 4 is 44.3 Å². The van der Waals surface area contributed by atoms with Crippen LogP contribution in [0.5, 0.6) is 0 Å². The molecule has 6 aromatic rings. The molecule has 0 amide bonds. The van der Waals surface area contributed by atoms with Crippen molar-refractivity contribution in [2.24, 2.45) is 0 Å². The summed E-state index contributed by atoms with van der Waals surface area (Å²) in [6.45, 7) is 4.06. The van der Waals surface area contributed by atoms with Gasteiger partial charge < -0.3 is 9.47 Å². The second-order valence-corrected chi connectivity index (χ2v) is 12.1. The van der Waals surface area contributed by atoms with Crippen LogP contribution in [0, 0.1) is 22.7 Å². The van der Waals surface area contributed by atoms with E-state index in [0.29, 0.717) is 11.1 Å². The minimum atomic E-state index is 0.0522. The molecule has 0 saturated heterocycles. The lowest BCUT2D eigenvalue weighted by Crippen LogP contribution is -2.29. The van der Waals surface area contributed by atoms with Crippen LogP contribution in [0.3, 0.4) is 0 Å². The number of hydrogen-bond acceptors (Lipinski definition) is 3. The number of rotatable bonds is 5. The molecule has 0 saturated carbocycles. The SMILES string of the molecule is C/C=C(\C(=C/C)c1c(N2c3ccccc3C3C=CC=CC32)ccc(C#N)c1C#N)c1cccc(-n2c3ccccc3c3ccccc32)c1. The molecule has 0 bridgehead atoms. The molecule has 48 heavy (non-hydrogen) atoms. The van der Waals surface area contributed by atoms with Gasteiger partial charge in [-0.15, -0.1) is 0 Å². The van der Waals surface area contributed by atoms with Crippen molar-refractivity contribution in [2.75, 3.05) is 4.90 Å². The molecule has 1 aromatic heterocycles. The highest BCUT2D eigenvalue weighted by molar-refractivity contribution is 6.11. The normalized spacial score (nSPS) is 17.0. The van der Waals surface area contributed by atoms with Gasteiger partial charge in [0.05, 0.1) is 33.9 Å². The minimum absolute atomic E-state index is 0.0522. The van der Waals surface area contributed by atoms with E-state index >= 15 is 0 Å². The summed E-state index contributed by atoms with van der Waals surface area (Å²) in [5, 5.41) is 23.3. The second-order valence-electron chi connectivity index (χ2n) is 12.1. The molecule has 2 heterocycles. The zero-order valence-corrected chi connectivity index (χ0v) is 26.8. The van der Waals surface area contributed by atoms with Crippen molar-refractivity contribution in [3.05, 3.63) is 173 Å². The molecule has 1 aliphatic carbocycles. The van der Waals surface area contributed by atoms with Crippen LogP contribution in [0.4, 0.5) is 11.4 Å². The third-order valence-electron chi connectivity index (χ3n) is 9.77. The van der Waals surface area contributed by atoms with Crippen LogP contribution in [0.1, 0.15) is 47.6 Å². The molecule has 8 rings (SSSR count). The molecular formula is C44H32N4. The summed E-state index contributed by atoms with van der Waals surface area (Å²) in [6, 6.07) is 42.8. The molecule has 5 aromatic carbocycles. The van der Waals surface area contributed by atoms with Gasteiger partial charge in [0, 0.05) is 33.6 Å². The smallest absolute Gasteiger partial charge is 0.101 e. The van der Waals surface area contributed by atoms with E-state index in [1.807, 2.05) is 19.9 Å². The highest BCUT2D eigenvalue weighted by Crippen LogP contribution is 2.51. The van der Waals surface area contributed by atoms with Gasteiger partial charge in [-0.05, 0) is 78.6 Å². The Kier molecular flexibility index (Phi) is 7.13. The van der Waals surface area contributed by atoms with Crippen LogP contribution in [-0.2, 0) is 0 Å². The Hall–Kier alpha value is -6.36. The van der Waals surface area contributed by atoms with Crippen LogP contribution in [0.25, 0.3) is 38.6 Å². The van der Waals surface area contributed by atoms with Crippen LogP contribution in [0.15, 0.2) is 146 Å². The van der Waals surface area contributed by atoms with Gasteiger partial charge in [-0.1, -0.05) is 103 Å². The Morgan fingerprint density at radius 2 is 1.35 bits per heavy atom. The molecule has 4 nitrogen and oxygen atoms in total. The zero-order valence-electron chi connectivity index (χ0n) is 26.8. The summed E-state index contributed by atoms with van der Waals surface area (Å²) in [7, 11) is 0. The monoisotopic (exact) mass is 616 g/mol. The van der Waals surface area contributed by atoms with Crippen molar-refractivity contribution in [1.82, 2.24) is 4.57 Å². The second kappa shape index (κ2) is 11.8. The first-order valence-electron chi connectivity index (χ1n) is 16.3. The first kappa shape index (κ1) is 29.1. The highest BCUT2D eigenvalue weighted by Gasteiger charge is 2.39. The van der Waals surface area contributed by atoms with Gasteiger partial charge in [-0.3, -0.25) is 0 Å². The Labute approximate surface area is 280 Å². The van der Waals surface area contributed by atoms with Gasteiger partial charge in [-0.25, -0.2) is 0 Å². The van der Waals surface area contributed by atoms with Gasteiger partial charge in [0.25, 0.3) is 0 Å². The van der Waals surface area contributed by atoms with Crippen LogP contribution >= 0.6 is 0 Å². The maximum absolute atomic E-state index is 10.7. The van der Waals surface area contributed by atoms with Gasteiger partial charge >= 0.3 is 0 Å². The molecule has 0 spiro atoms. The number of anilines is 2. The number of para-hydroxylation sites is 3. The summed E-state index contributed by atoms with van der Waals surface area (Å²) in [4.78, 5) is 2.35. The Bertz CT molecular complexity index is 2420. The number of hydrogen-bond donors (Lipinski definition) is 0. The zero-order chi connectivity index (χ0) is 32.8. The fraction of sp³-hybridized carbons (Fsp3) is 0.0909. The van der Waals surface area contributed by atoms with Gasteiger partial charge in [-0.2, -0.15) is 10.5 Å². The summed E-state index contributed by atoms with van der Waals surface area (Å²) < 4.78 is 2.32. The number of benzene rings is 5. The van der Waals surface area contributed by atoms with E-state index < -0.39 is 0 Å². The first-order valence-corrected chi connectivity index (χ1v) is 16.3. The quantitative estimate of drug-likeness (QED) is 0.181. The summed E-state index contributed by atoms with van der Waals surface area (Å²) in [5.41, 5.74) is 11.1. The molecule has 0 fully saturated rings. The highest BCUT2D eigenvalue weighted by atomic mass is 15.2. The predicted molar refractivity (Wildman–Crippen MR) is 197 cm³/mol. The van der Waals surface area contributed by atoms with Crippen molar-refractivity contribution in [3.63, 3.8) is 0 Å². The standard InChI is InChI=1S/C44H32N4/c1-3-32(29-14-13-15-31(26-29)47-39-20-9-5-16-34(39)35-17-6-10-21-40(35)47)33(4-2)44-38(28-46)30(27-45)24-25-43(44)48-41-22-11-7-18-36(41)37-19-8-12-23-42(37)48/h3-26,36,41H,1-2H3/b32-3-,33-4+. The van der Waals surface area contributed by atoms with Gasteiger partial charge in [0.2, 0.25) is 0 Å². The van der Waals surface area contributed by atoms with Gasteiger partial charge in [0.1, 0.15) is 12.1 Å². The summed E-state index contributed by atoms with van der Waals surface area (Å²) >= 11 is 0. The fourth-order valence-electron chi connectivity index (χ4n) is 7.77. The number of nitrogens with zero attached hydrogens (tertiary/aromatic N) is 4. The van der Waals surface area contributed by atoms with E-state index in [1.165, 1.54) is 16.3 Å². The van der Waals surface area contributed by atoms with E-state index in [1.54, 1.807) is 6.07 Å². The van der Waals surface area contributed by atoms with Gasteiger partial charge in [0.15, 0.2) is 0 Å². The Morgan fingerprint density at radius 3 is 2.06 bits per heavy atom. The van der Waals surface area contributed by atoms with E-state index in [4.69, 9.17) is 0 Å². The maximum atomic E-state index is 10.7. The van der Waals surface area contributed by atoms with E-state index in [2.05, 4.69) is 155 Å². The van der Waals surface area contributed by atoms with Crippen LogP contribution in [0.2, 0.25) is 0 Å². The minimum Gasteiger partial charge on any atom is -0.333 e. The summed E-state index contributed by atoms with van der Waals surface area (Å²) in [5.74, 6) is 0.193. The molecular weight excluding hydrogens is 585 g/mol. The van der Waals surface area contributed by atoms with E-state index in [9.17, 15) is 10.5 Å². The van der Waals surface area contributed by atoms with Crippen molar-refractivity contribution in [2.45, 2.75) is 25.8 Å². The fourth-order valence-corrected chi connectivity index (χ4v) is 7.77. The molecule has 2 atom stereocenters. The molecule has 4 heteroatoms. The number of nitriles is 2. The first-order chi connectivity index (χ1) is 23.7. The summed E-state index contributed by atoms with van der Waals surface area (Å²) in [6.07, 6.45) is 12.9. The van der Waals surface area contributed by atoms with Crippen molar-refractivity contribution < 1.29 is 0 Å². The number of aromatic nitrogens is 1. The maximum Gasteiger partial charge on any atom is 0.101 e. The lowest BCUT2D eigenvalue weighted by molar-refractivity contribution is 0.744. The molecule has 0 radical (unpaired) electrons.